The lowest BCUT2D eigenvalue weighted by Gasteiger charge is -2.36. The Labute approximate surface area is 169 Å². The van der Waals surface area contributed by atoms with Crippen LogP contribution in [-0.4, -0.2) is 66.2 Å². The molecule has 154 valence electrons. The number of carbonyl (C=O) groups is 1. The summed E-state index contributed by atoms with van der Waals surface area (Å²) < 4.78 is 19.6. The van der Waals surface area contributed by atoms with E-state index in [1.807, 2.05) is 17.9 Å². The average molecular weight is 399 g/mol. The number of hydrogen-bond donors (Lipinski definition) is 1. The largest absolute Gasteiger partial charge is 0.376 e. The molecular formula is C21H26FN5O2. The number of amides is 1. The van der Waals surface area contributed by atoms with Gasteiger partial charge in [0.25, 0.3) is 5.91 Å². The third-order valence-corrected chi connectivity index (χ3v) is 5.35. The molecule has 2 fully saturated rings. The highest BCUT2D eigenvalue weighted by Gasteiger charge is 2.25. The van der Waals surface area contributed by atoms with E-state index in [-0.39, 0.29) is 17.8 Å². The monoisotopic (exact) mass is 399 g/mol. The lowest BCUT2D eigenvalue weighted by atomic mass is 10.2. The minimum Gasteiger partial charge on any atom is -0.376 e. The van der Waals surface area contributed by atoms with Gasteiger partial charge in [0.05, 0.1) is 11.8 Å². The van der Waals surface area contributed by atoms with Gasteiger partial charge in [-0.3, -0.25) is 4.79 Å². The number of para-hydroxylation sites is 1. The van der Waals surface area contributed by atoms with Crippen LogP contribution in [-0.2, 0) is 4.74 Å². The standard InChI is InChI=1S/C21H26FN5O2/c1-15-13-18(25-21(24-15)23-14-16-5-4-12-29-16)20(28)27-10-8-26(9-11-27)19-7-3-2-6-17(19)22/h2-3,6-7,13,16H,4-5,8-12,14H2,1H3,(H,23,24,25). The molecule has 2 aliphatic heterocycles. The number of aryl methyl sites for hydroxylation is 1. The highest BCUT2D eigenvalue weighted by atomic mass is 19.1. The molecule has 0 bridgehead atoms. The number of hydrogen-bond acceptors (Lipinski definition) is 6. The summed E-state index contributed by atoms with van der Waals surface area (Å²) in [5.41, 5.74) is 1.70. The van der Waals surface area contributed by atoms with E-state index in [2.05, 4.69) is 15.3 Å². The second-order valence-electron chi connectivity index (χ2n) is 7.46. The predicted molar refractivity (Wildman–Crippen MR) is 109 cm³/mol. The van der Waals surface area contributed by atoms with Crippen LogP contribution < -0.4 is 10.2 Å². The van der Waals surface area contributed by atoms with E-state index in [0.29, 0.717) is 50.1 Å². The minimum atomic E-state index is -0.235. The fourth-order valence-corrected chi connectivity index (χ4v) is 3.79. The van der Waals surface area contributed by atoms with E-state index in [0.717, 1.165) is 25.1 Å². The number of benzene rings is 1. The zero-order valence-corrected chi connectivity index (χ0v) is 16.6. The van der Waals surface area contributed by atoms with E-state index in [4.69, 9.17) is 4.74 Å². The van der Waals surface area contributed by atoms with Crippen LogP contribution in [0.3, 0.4) is 0 Å². The van der Waals surface area contributed by atoms with E-state index < -0.39 is 0 Å². The average Bonchev–Trinajstić information content (AvgIpc) is 3.26. The Morgan fingerprint density at radius 1 is 1.24 bits per heavy atom. The Morgan fingerprint density at radius 2 is 2.03 bits per heavy atom. The van der Waals surface area contributed by atoms with E-state index in [1.54, 1.807) is 23.1 Å². The molecule has 1 aromatic carbocycles. The smallest absolute Gasteiger partial charge is 0.272 e. The SMILES string of the molecule is Cc1cc(C(=O)N2CCN(c3ccccc3F)CC2)nc(NCC2CCCO2)n1. The molecule has 0 radical (unpaired) electrons. The summed E-state index contributed by atoms with van der Waals surface area (Å²) in [7, 11) is 0. The molecule has 1 aromatic heterocycles. The van der Waals surface area contributed by atoms with Crippen LogP contribution in [0.4, 0.5) is 16.0 Å². The van der Waals surface area contributed by atoms with Gasteiger partial charge >= 0.3 is 0 Å². The van der Waals surface area contributed by atoms with Gasteiger partial charge in [-0.2, -0.15) is 0 Å². The van der Waals surface area contributed by atoms with Gasteiger partial charge in [0.1, 0.15) is 11.5 Å². The number of carbonyl (C=O) groups excluding carboxylic acids is 1. The molecule has 1 amide bonds. The van der Waals surface area contributed by atoms with Gasteiger partial charge in [0.15, 0.2) is 0 Å². The van der Waals surface area contributed by atoms with Gasteiger partial charge in [0.2, 0.25) is 5.95 Å². The molecule has 2 aliphatic rings. The molecule has 2 saturated heterocycles. The summed E-state index contributed by atoms with van der Waals surface area (Å²) in [5, 5.41) is 3.19. The minimum absolute atomic E-state index is 0.121. The molecule has 0 spiro atoms. The lowest BCUT2D eigenvalue weighted by molar-refractivity contribution is 0.0740. The number of nitrogens with zero attached hydrogens (tertiary/aromatic N) is 4. The van der Waals surface area contributed by atoms with Crippen molar-refractivity contribution in [2.75, 3.05) is 49.5 Å². The first-order chi connectivity index (χ1) is 14.1. The fraction of sp³-hybridized carbons (Fsp3) is 0.476. The molecule has 8 heteroatoms. The number of halogens is 1. The molecule has 1 atom stereocenters. The van der Waals surface area contributed by atoms with Crippen molar-refractivity contribution in [3.8, 4) is 0 Å². The molecular weight excluding hydrogens is 373 g/mol. The Morgan fingerprint density at radius 3 is 2.76 bits per heavy atom. The van der Waals surface area contributed by atoms with Crippen molar-refractivity contribution in [1.29, 1.82) is 0 Å². The molecule has 29 heavy (non-hydrogen) atoms. The van der Waals surface area contributed by atoms with Crippen molar-refractivity contribution in [2.24, 2.45) is 0 Å². The highest BCUT2D eigenvalue weighted by molar-refractivity contribution is 5.92. The van der Waals surface area contributed by atoms with Gasteiger partial charge in [-0.25, -0.2) is 14.4 Å². The third kappa shape index (κ3) is 4.64. The first-order valence-electron chi connectivity index (χ1n) is 10.1. The predicted octanol–water partition coefficient (Wildman–Crippen LogP) is 2.48. The Kier molecular flexibility index (Phi) is 5.89. The third-order valence-electron chi connectivity index (χ3n) is 5.35. The van der Waals surface area contributed by atoms with Crippen molar-refractivity contribution < 1.29 is 13.9 Å². The maximum absolute atomic E-state index is 14.0. The Bertz CT molecular complexity index is 864. The summed E-state index contributed by atoms with van der Waals surface area (Å²) in [5.74, 6) is 0.0957. The summed E-state index contributed by atoms with van der Waals surface area (Å²) in [6.45, 7) is 5.50. The quantitative estimate of drug-likeness (QED) is 0.833. The Hall–Kier alpha value is -2.74. The number of nitrogens with one attached hydrogen (secondary N) is 1. The van der Waals surface area contributed by atoms with Crippen LogP contribution in [0.1, 0.15) is 29.0 Å². The van der Waals surface area contributed by atoms with Crippen LogP contribution in [0.15, 0.2) is 30.3 Å². The van der Waals surface area contributed by atoms with Crippen LogP contribution in [0.25, 0.3) is 0 Å². The number of anilines is 2. The second kappa shape index (κ2) is 8.73. The number of aromatic nitrogens is 2. The van der Waals surface area contributed by atoms with Gasteiger partial charge < -0.3 is 19.9 Å². The number of ether oxygens (including phenoxy) is 1. The summed E-state index contributed by atoms with van der Waals surface area (Å²) in [4.78, 5) is 25.5. The van der Waals surface area contributed by atoms with Crippen LogP contribution in [0.5, 0.6) is 0 Å². The maximum Gasteiger partial charge on any atom is 0.272 e. The van der Waals surface area contributed by atoms with Gasteiger partial charge in [-0.05, 0) is 38.0 Å². The van der Waals surface area contributed by atoms with Crippen LogP contribution in [0, 0.1) is 12.7 Å². The normalized spacial score (nSPS) is 19.4. The molecule has 1 N–H and O–H groups in total. The van der Waals surface area contributed by atoms with Gasteiger partial charge in [0, 0.05) is 45.0 Å². The summed E-state index contributed by atoms with van der Waals surface area (Å²) >= 11 is 0. The summed E-state index contributed by atoms with van der Waals surface area (Å²) in [6.07, 6.45) is 2.27. The first kappa shape index (κ1) is 19.6. The molecule has 0 aliphatic carbocycles. The second-order valence-corrected chi connectivity index (χ2v) is 7.46. The topological polar surface area (TPSA) is 70.6 Å². The fourth-order valence-electron chi connectivity index (χ4n) is 3.79. The Balaban J connectivity index is 1.38. The van der Waals surface area contributed by atoms with Crippen molar-refractivity contribution >= 4 is 17.5 Å². The van der Waals surface area contributed by atoms with E-state index in [9.17, 15) is 9.18 Å². The van der Waals surface area contributed by atoms with E-state index in [1.165, 1.54) is 6.07 Å². The molecule has 0 saturated carbocycles. The van der Waals surface area contributed by atoms with Crippen molar-refractivity contribution in [3.05, 3.63) is 47.5 Å². The zero-order chi connectivity index (χ0) is 20.2. The van der Waals surface area contributed by atoms with Crippen LogP contribution in [0.2, 0.25) is 0 Å². The van der Waals surface area contributed by atoms with Gasteiger partial charge in [-0.1, -0.05) is 12.1 Å². The first-order valence-corrected chi connectivity index (χ1v) is 10.1. The zero-order valence-electron chi connectivity index (χ0n) is 16.6. The van der Waals surface area contributed by atoms with E-state index >= 15 is 0 Å². The number of piperazine rings is 1. The van der Waals surface area contributed by atoms with Crippen molar-refractivity contribution in [3.63, 3.8) is 0 Å². The van der Waals surface area contributed by atoms with Gasteiger partial charge in [-0.15, -0.1) is 0 Å². The van der Waals surface area contributed by atoms with Crippen LogP contribution >= 0.6 is 0 Å². The molecule has 4 rings (SSSR count). The summed E-state index contributed by atoms with van der Waals surface area (Å²) in [6, 6.07) is 8.45. The maximum atomic E-state index is 14.0. The highest BCUT2D eigenvalue weighted by Crippen LogP contribution is 2.21. The number of rotatable bonds is 5. The molecule has 1 unspecified atom stereocenters. The van der Waals surface area contributed by atoms with Crippen molar-refractivity contribution in [2.45, 2.75) is 25.9 Å². The molecule has 2 aromatic rings. The molecule has 3 heterocycles. The molecule has 7 nitrogen and oxygen atoms in total. The lowest BCUT2D eigenvalue weighted by Crippen LogP contribution is -2.49. The van der Waals surface area contributed by atoms with Crippen molar-refractivity contribution in [1.82, 2.24) is 14.9 Å².